The molecule has 1 unspecified atom stereocenters. The number of thioether (sulfide) groups is 1. The number of hydrogen-bond donors (Lipinski definition) is 0. The molecule has 0 saturated carbocycles. The van der Waals surface area contributed by atoms with Crippen LogP contribution in [0.5, 0.6) is 0 Å². The van der Waals surface area contributed by atoms with Crippen LogP contribution in [0.2, 0.25) is 0 Å². The molecule has 0 aliphatic carbocycles. The van der Waals surface area contributed by atoms with Crippen molar-refractivity contribution in [1.82, 2.24) is 0 Å². The Hall–Kier alpha value is -0.510. The maximum absolute atomic E-state index is 6.20. The Morgan fingerprint density at radius 2 is 1.32 bits per heavy atom. The normalized spacial score (nSPS) is 12.9. The SMILES string of the molecule is CSCCCCCCCCCCCCCOCC(CC(C)(C)C)OCc1ccccc1. The van der Waals surface area contributed by atoms with E-state index in [0.29, 0.717) is 13.2 Å². The van der Waals surface area contributed by atoms with Crippen molar-refractivity contribution < 1.29 is 9.47 Å². The zero-order valence-electron chi connectivity index (χ0n) is 21.0. The molecule has 0 amide bonds. The molecule has 0 heterocycles. The van der Waals surface area contributed by atoms with Crippen LogP contribution in [-0.2, 0) is 16.1 Å². The van der Waals surface area contributed by atoms with Gasteiger partial charge in [-0.05, 0) is 42.2 Å². The van der Waals surface area contributed by atoms with Crippen molar-refractivity contribution >= 4 is 11.8 Å². The molecule has 31 heavy (non-hydrogen) atoms. The highest BCUT2D eigenvalue weighted by molar-refractivity contribution is 7.98. The van der Waals surface area contributed by atoms with Crippen molar-refractivity contribution in [2.75, 3.05) is 25.2 Å². The standard InChI is InChI=1S/C28H50O2S/c1-28(2,3)23-27(30-24-26-19-15-14-16-20-26)25-29-21-17-12-10-8-6-5-7-9-11-13-18-22-31-4/h14-16,19-20,27H,5-13,17-18,21-25H2,1-4H3. The van der Waals surface area contributed by atoms with Crippen molar-refractivity contribution in [3.05, 3.63) is 35.9 Å². The van der Waals surface area contributed by atoms with Gasteiger partial charge < -0.3 is 9.47 Å². The highest BCUT2D eigenvalue weighted by Gasteiger charge is 2.19. The molecule has 0 fully saturated rings. The molecule has 1 aromatic rings. The summed E-state index contributed by atoms with van der Waals surface area (Å²) in [6.45, 7) is 9.07. The van der Waals surface area contributed by atoms with Gasteiger partial charge in [0.15, 0.2) is 0 Å². The molecule has 1 atom stereocenters. The van der Waals surface area contributed by atoms with Crippen LogP contribution in [0.3, 0.4) is 0 Å². The van der Waals surface area contributed by atoms with E-state index in [1.54, 1.807) is 0 Å². The minimum Gasteiger partial charge on any atom is -0.379 e. The summed E-state index contributed by atoms with van der Waals surface area (Å²) >= 11 is 1.98. The topological polar surface area (TPSA) is 18.5 Å². The second kappa shape index (κ2) is 19.0. The average Bonchev–Trinajstić information content (AvgIpc) is 2.74. The Morgan fingerprint density at radius 3 is 1.87 bits per heavy atom. The predicted molar refractivity (Wildman–Crippen MR) is 139 cm³/mol. The fourth-order valence-electron chi connectivity index (χ4n) is 3.89. The predicted octanol–water partition coefficient (Wildman–Crippen LogP) is 8.68. The lowest BCUT2D eigenvalue weighted by atomic mass is 9.89. The molecule has 0 aromatic heterocycles. The van der Waals surface area contributed by atoms with Crippen LogP contribution in [0.4, 0.5) is 0 Å². The molecule has 0 radical (unpaired) electrons. The summed E-state index contributed by atoms with van der Waals surface area (Å²) in [5, 5.41) is 0. The van der Waals surface area contributed by atoms with Gasteiger partial charge in [-0.15, -0.1) is 0 Å². The molecule has 0 aliphatic heterocycles. The summed E-state index contributed by atoms with van der Waals surface area (Å²) in [7, 11) is 0. The second-order valence-corrected chi connectivity index (χ2v) is 11.1. The summed E-state index contributed by atoms with van der Waals surface area (Å²) < 4.78 is 12.2. The van der Waals surface area contributed by atoms with Gasteiger partial charge in [0.2, 0.25) is 0 Å². The number of benzene rings is 1. The molecule has 2 nitrogen and oxygen atoms in total. The maximum Gasteiger partial charge on any atom is 0.0818 e. The van der Waals surface area contributed by atoms with Crippen LogP contribution in [-0.4, -0.2) is 31.3 Å². The van der Waals surface area contributed by atoms with Gasteiger partial charge in [-0.2, -0.15) is 11.8 Å². The zero-order valence-corrected chi connectivity index (χ0v) is 21.8. The number of hydrogen-bond acceptors (Lipinski definition) is 3. The smallest absolute Gasteiger partial charge is 0.0818 e. The van der Waals surface area contributed by atoms with Crippen LogP contribution in [0.25, 0.3) is 0 Å². The Kier molecular flexibility index (Phi) is 17.5. The Morgan fingerprint density at radius 1 is 0.774 bits per heavy atom. The van der Waals surface area contributed by atoms with E-state index in [1.807, 2.05) is 17.8 Å². The lowest BCUT2D eigenvalue weighted by molar-refractivity contribution is -0.0430. The summed E-state index contributed by atoms with van der Waals surface area (Å²) in [6.07, 6.45) is 18.6. The van der Waals surface area contributed by atoms with E-state index in [4.69, 9.17) is 9.47 Å². The highest BCUT2D eigenvalue weighted by atomic mass is 32.2. The summed E-state index contributed by atoms with van der Waals surface area (Å²) in [5.74, 6) is 1.33. The molecule has 1 aromatic carbocycles. The number of unbranched alkanes of at least 4 members (excludes halogenated alkanes) is 10. The van der Waals surface area contributed by atoms with Gasteiger partial charge in [-0.25, -0.2) is 0 Å². The number of ether oxygens (including phenoxy) is 2. The molecule has 1 rings (SSSR count). The first kappa shape index (κ1) is 28.5. The molecule has 0 spiro atoms. The van der Waals surface area contributed by atoms with E-state index in [0.717, 1.165) is 13.0 Å². The molecule has 0 bridgehead atoms. The van der Waals surface area contributed by atoms with E-state index in [-0.39, 0.29) is 11.5 Å². The van der Waals surface area contributed by atoms with E-state index >= 15 is 0 Å². The lowest BCUT2D eigenvalue weighted by Gasteiger charge is -2.26. The summed E-state index contributed by atoms with van der Waals surface area (Å²) in [6, 6.07) is 10.4. The molecular formula is C28H50O2S. The van der Waals surface area contributed by atoms with Crippen molar-refractivity contribution in [2.24, 2.45) is 5.41 Å². The average molecular weight is 451 g/mol. The molecule has 0 aliphatic rings. The van der Waals surface area contributed by atoms with Gasteiger partial charge in [0.05, 0.1) is 19.3 Å². The first-order valence-corrected chi connectivity index (χ1v) is 14.1. The highest BCUT2D eigenvalue weighted by Crippen LogP contribution is 2.23. The zero-order chi connectivity index (χ0) is 22.6. The monoisotopic (exact) mass is 450 g/mol. The molecular weight excluding hydrogens is 400 g/mol. The summed E-state index contributed by atoms with van der Waals surface area (Å²) in [4.78, 5) is 0. The minimum absolute atomic E-state index is 0.168. The van der Waals surface area contributed by atoms with E-state index in [9.17, 15) is 0 Å². The van der Waals surface area contributed by atoms with Gasteiger partial charge in [-0.1, -0.05) is 109 Å². The van der Waals surface area contributed by atoms with Gasteiger partial charge in [0, 0.05) is 6.61 Å². The Balaban J connectivity index is 2.00. The Labute approximate surface area is 198 Å². The van der Waals surface area contributed by atoms with Gasteiger partial charge in [0.1, 0.15) is 0 Å². The van der Waals surface area contributed by atoms with Crippen LogP contribution < -0.4 is 0 Å². The summed E-state index contributed by atoms with van der Waals surface area (Å²) in [5.41, 5.74) is 1.48. The first-order chi connectivity index (χ1) is 15.0. The van der Waals surface area contributed by atoms with E-state index in [2.05, 4.69) is 51.3 Å². The van der Waals surface area contributed by atoms with Gasteiger partial charge in [-0.3, -0.25) is 0 Å². The molecule has 0 N–H and O–H groups in total. The van der Waals surface area contributed by atoms with Crippen molar-refractivity contribution in [3.8, 4) is 0 Å². The van der Waals surface area contributed by atoms with Crippen molar-refractivity contribution in [1.29, 1.82) is 0 Å². The number of rotatable bonds is 20. The largest absolute Gasteiger partial charge is 0.379 e. The Bertz CT molecular complexity index is 497. The quantitative estimate of drug-likeness (QED) is 0.185. The van der Waals surface area contributed by atoms with Crippen LogP contribution in [0.1, 0.15) is 103 Å². The van der Waals surface area contributed by atoms with Gasteiger partial charge in [0.25, 0.3) is 0 Å². The van der Waals surface area contributed by atoms with Crippen LogP contribution in [0.15, 0.2) is 30.3 Å². The third-order valence-electron chi connectivity index (χ3n) is 5.61. The molecule has 3 heteroatoms. The van der Waals surface area contributed by atoms with E-state index < -0.39 is 0 Å². The van der Waals surface area contributed by atoms with Crippen molar-refractivity contribution in [3.63, 3.8) is 0 Å². The third kappa shape index (κ3) is 18.7. The fourth-order valence-corrected chi connectivity index (χ4v) is 4.39. The van der Waals surface area contributed by atoms with Crippen molar-refractivity contribution in [2.45, 2.75) is 111 Å². The molecule has 180 valence electrons. The van der Waals surface area contributed by atoms with Gasteiger partial charge >= 0.3 is 0 Å². The third-order valence-corrected chi connectivity index (χ3v) is 6.31. The molecule has 0 saturated heterocycles. The first-order valence-electron chi connectivity index (χ1n) is 12.7. The minimum atomic E-state index is 0.168. The van der Waals surface area contributed by atoms with Crippen LogP contribution >= 0.6 is 11.8 Å². The van der Waals surface area contributed by atoms with E-state index in [1.165, 1.54) is 81.9 Å². The lowest BCUT2D eigenvalue weighted by Crippen LogP contribution is -2.26. The van der Waals surface area contributed by atoms with Crippen LogP contribution in [0, 0.1) is 5.41 Å². The second-order valence-electron chi connectivity index (χ2n) is 10.1. The fraction of sp³-hybridized carbons (Fsp3) is 0.786. The maximum atomic E-state index is 6.20.